The average molecular weight is 672 g/mol. The van der Waals surface area contributed by atoms with Gasteiger partial charge in [0.2, 0.25) is 0 Å². The third-order valence-corrected chi connectivity index (χ3v) is 11.1. The van der Waals surface area contributed by atoms with Crippen LogP contribution in [0.25, 0.3) is 0 Å². The number of hydrogen-bond donors (Lipinski definition) is 0. The van der Waals surface area contributed by atoms with Gasteiger partial charge in [0.25, 0.3) is 5.82 Å². The Morgan fingerprint density at radius 1 is 0.354 bits per heavy atom. The van der Waals surface area contributed by atoms with Gasteiger partial charge in [0.15, 0.2) is 0 Å². The van der Waals surface area contributed by atoms with Crippen molar-refractivity contribution in [3.05, 3.63) is 18.2 Å². The predicted octanol–water partition coefficient (Wildman–Crippen LogP) is 15.8. The van der Waals surface area contributed by atoms with Crippen LogP contribution in [0.5, 0.6) is 0 Å². The Labute approximate surface area is 304 Å². The van der Waals surface area contributed by atoms with Gasteiger partial charge in [0.05, 0.1) is 13.1 Å². The van der Waals surface area contributed by atoms with Gasteiger partial charge in [-0.15, -0.1) is 0 Å². The number of imidazole rings is 1. The Hall–Kier alpha value is -0.790. The summed E-state index contributed by atoms with van der Waals surface area (Å²) in [6.07, 6.45) is 59.3. The summed E-state index contributed by atoms with van der Waals surface area (Å²) < 4.78 is 5.30. The number of hydrogen-bond acceptors (Lipinski definition) is 0. The average Bonchev–Trinajstić information content (AvgIpc) is 3.48. The zero-order valence-electron chi connectivity index (χ0n) is 33.8. The van der Waals surface area contributed by atoms with Gasteiger partial charge < -0.3 is 0 Å². The van der Waals surface area contributed by atoms with E-state index in [1.54, 1.807) is 5.82 Å². The summed E-state index contributed by atoms with van der Waals surface area (Å²) in [5, 5.41) is 0. The van der Waals surface area contributed by atoms with Crippen molar-refractivity contribution >= 4 is 0 Å². The normalized spacial score (nSPS) is 11.6. The highest BCUT2D eigenvalue weighted by Gasteiger charge is 2.16. The van der Waals surface area contributed by atoms with Crippen molar-refractivity contribution in [2.24, 2.45) is 0 Å². The van der Waals surface area contributed by atoms with Crippen LogP contribution >= 0.6 is 0 Å². The van der Waals surface area contributed by atoms with E-state index in [9.17, 15) is 0 Å². The first-order valence-corrected chi connectivity index (χ1v) is 22.9. The van der Waals surface area contributed by atoms with Gasteiger partial charge in [0, 0.05) is 6.42 Å². The molecule has 0 amide bonds. The Bertz CT molecular complexity index is 736. The van der Waals surface area contributed by atoms with Crippen LogP contribution in [-0.2, 0) is 19.5 Å². The van der Waals surface area contributed by atoms with Crippen LogP contribution in [0, 0.1) is 0 Å². The van der Waals surface area contributed by atoms with Gasteiger partial charge in [-0.2, -0.15) is 0 Å². The highest BCUT2D eigenvalue weighted by atomic mass is 15.1. The van der Waals surface area contributed by atoms with Gasteiger partial charge in [-0.05, 0) is 32.1 Å². The number of aromatic nitrogens is 2. The van der Waals surface area contributed by atoms with E-state index in [0.29, 0.717) is 0 Å². The lowest BCUT2D eigenvalue weighted by atomic mass is 10.0. The number of unbranched alkanes of at least 4 members (excludes halogenated alkanes) is 34. The summed E-state index contributed by atoms with van der Waals surface area (Å²) in [6, 6.07) is 0. The number of nitrogens with zero attached hydrogens (tertiary/aromatic N) is 2. The summed E-state index contributed by atoms with van der Waals surface area (Å²) >= 11 is 0. The minimum absolute atomic E-state index is 1.23. The second kappa shape index (κ2) is 37.5. The largest absolute Gasteiger partial charge is 0.256 e. The Morgan fingerprint density at radius 3 is 1.00 bits per heavy atom. The highest BCUT2D eigenvalue weighted by molar-refractivity contribution is 4.84. The first kappa shape index (κ1) is 45.2. The monoisotopic (exact) mass is 672 g/mol. The zero-order valence-corrected chi connectivity index (χ0v) is 33.8. The lowest BCUT2D eigenvalue weighted by Crippen LogP contribution is -2.37. The van der Waals surface area contributed by atoms with Gasteiger partial charge in [0.1, 0.15) is 12.4 Å². The highest BCUT2D eigenvalue weighted by Crippen LogP contribution is 2.16. The van der Waals surface area contributed by atoms with E-state index in [2.05, 4.69) is 42.3 Å². The maximum absolute atomic E-state index is 2.65. The molecule has 1 aromatic heterocycles. The molecule has 0 radical (unpaired) electrons. The van der Waals surface area contributed by atoms with Crippen molar-refractivity contribution in [3.8, 4) is 0 Å². The molecule has 2 nitrogen and oxygen atoms in total. The zero-order chi connectivity index (χ0) is 34.4. The van der Waals surface area contributed by atoms with Crippen LogP contribution in [0.4, 0.5) is 0 Å². The van der Waals surface area contributed by atoms with E-state index in [1.165, 1.54) is 257 Å². The van der Waals surface area contributed by atoms with Crippen LogP contribution in [-0.4, -0.2) is 4.57 Å². The fourth-order valence-corrected chi connectivity index (χ4v) is 7.74. The molecule has 0 aliphatic carbocycles. The molecule has 1 rings (SSSR count). The standard InChI is InChI=1S/C46H91N2/c1-4-7-10-13-16-19-22-24-25-26-27-29-32-35-38-41-46-47(42-39-36-33-30-21-18-15-12-9-6-3)44-45-48(46)43-40-37-34-31-28-23-20-17-14-11-8-5-2/h44-45H,4-43H2,1-3H3/q+1. The SMILES string of the molecule is CCCCCCCCCCCCCCCCCc1n(CCCCCCCCCCCCCC)cc[n+]1CCCCCCCCCCCC. The molecule has 0 fully saturated rings. The van der Waals surface area contributed by atoms with Gasteiger partial charge >= 0.3 is 0 Å². The van der Waals surface area contributed by atoms with E-state index in [-0.39, 0.29) is 0 Å². The molecule has 2 heteroatoms. The number of rotatable bonds is 40. The Morgan fingerprint density at radius 2 is 0.646 bits per heavy atom. The van der Waals surface area contributed by atoms with Gasteiger partial charge in [-0.3, -0.25) is 0 Å². The van der Waals surface area contributed by atoms with Crippen LogP contribution < -0.4 is 4.57 Å². The van der Waals surface area contributed by atoms with Crippen molar-refractivity contribution in [2.75, 3.05) is 0 Å². The molecule has 48 heavy (non-hydrogen) atoms. The quantitative estimate of drug-likeness (QED) is 0.0485. The van der Waals surface area contributed by atoms with E-state index >= 15 is 0 Å². The molecule has 0 atom stereocenters. The Balaban J connectivity index is 2.27. The van der Waals surface area contributed by atoms with Crippen molar-refractivity contribution in [2.45, 2.75) is 278 Å². The summed E-state index contributed by atoms with van der Waals surface area (Å²) in [5.41, 5.74) is 0. The summed E-state index contributed by atoms with van der Waals surface area (Å²) in [5.74, 6) is 1.63. The van der Waals surface area contributed by atoms with Crippen LogP contribution in [0.1, 0.15) is 264 Å². The molecule has 0 saturated carbocycles. The fourth-order valence-electron chi connectivity index (χ4n) is 7.74. The van der Waals surface area contributed by atoms with Crippen molar-refractivity contribution in [1.82, 2.24) is 4.57 Å². The molecule has 0 aliphatic heterocycles. The second-order valence-electron chi connectivity index (χ2n) is 15.9. The fraction of sp³-hybridized carbons (Fsp3) is 0.935. The van der Waals surface area contributed by atoms with Crippen LogP contribution in [0.15, 0.2) is 12.4 Å². The van der Waals surface area contributed by atoms with Gasteiger partial charge in [-0.1, -0.05) is 226 Å². The molecule has 1 heterocycles. The first-order valence-electron chi connectivity index (χ1n) is 22.9. The topological polar surface area (TPSA) is 8.81 Å². The summed E-state index contributed by atoms with van der Waals surface area (Å²) in [6.45, 7) is 9.41. The lowest BCUT2D eigenvalue weighted by Gasteiger charge is -2.07. The van der Waals surface area contributed by atoms with E-state index < -0.39 is 0 Å². The minimum atomic E-state index is 1.23. The summed E-state index contributed by atoms with van der Waals surface area (Å²) in [7, 11) is 0. The van der Waals surface area contributed by atoms with Crippen LogP contribution in [0.3, 0.4) is 0 Å². The summed E-state index contributed by atoms with van der Waals surface area (Å²) in [4.78, 5) is 0. The maximum Gasteiger partial charge on any atom is 0.256 e. The predicted molar refractivity (Wildman–Crippen MR) is 216 cm³/mol. The van der Waals surface area contributed by atoms with E-state index in [0.717, 1.165) is 0 Å². The maximum atomic E-state index is 2.65. The van der Waals surface area contributed by atoms with E-state index in [4.69, 9.17) is 0 Å². The molecule has 0 unspecified atom stereocenters. The third kappa shape index (κ3) is 29.0. The van der Waals surface area contributed by atoms with Crippen LogP contribution in [0.2, 0.25) is 0 Å². The molecule has 0 saturated heterocycles. The van der Waals surface area contributed by atoms with E-state index in [1.807, 2.05) is 0 Å². The third-order valence-electron chi connectivity index (χ3n) is 11.1. The first-order chi connectivity index (χ1) is 23.8. The Kier molecular flexibility index (Phi) is 35.3. The lowest BCUT2D eigenvalue weighted by molar-refractivity contribution is -0.704. The van der Waals surface area contributed by atoms with Crippen molar-refractivity contribution in [3.63, 3.8) is 0 Å². The smallest absolute Gasteiger partial charge is 0.234 e. The molecular weight excluding hydrogens is 581 g/mol. The van der Waals surface area contributed by atoms with Crippen molar-refractivity contribution in [1.29, 1.82) is 0 Å². The molecule has 0 N–H and O–H groups in total. The second-order valence-corrected chi connectivity index (χ2v) is 15.9. The molecular formula is C46H91N2+. The molecule has 0 bridgehead atoms. The van der Waals surface area contributed by atoms with Crippen molar-refractivity contribution < 1.29 is 4.57 Å². The minimum Gasteiger partial charge on any atom is -0.234 e. The van der Waals surface area contributed by atoms with Gasteiger partial charge in [-0.25, -0.2) is 9.13 Å². The molecule has 0 aliphatic rings. The molecule has 1 aromatic rings. The molecule has 0 spiro atoms. The molecule has 284 valence electrons. The molecule has 0 aromatic carbocycles. The number of aryl methyl sites for hydroxylation is 2.